The van der Waals surface area contributed by atoms with Gasteiger partial charge in [0, 0.05) is 32.7 Å². The summed E-state index contributed by atoms with van der Waals surface area (Å²) in [5, 5.41) is 12.8. The van der Waals surface area contributed by atoms with E-state index in [1.807, 2.05) is 27.3 Å². The molecule has 0 aliphatic carbocycles. The van der Waals surface area contributed by atoms with Gasteiger partial charge in [-0.3, -0.25) is 0 Å². The summed E-state index contributed by atoms with van der Waals surface area (Å²) in [6.45, 7) is 3.13. The summed E-state index contributed by atoms with van der Waals surface area (Å²) in [4.78, 5) is 0. The molecular weight excluding hydrogens is 1000 g/mol. The molecule has 378 valence electrons. The number of benzene rings is 9. The number of hydrogen-bond donors (Lipinski definition) is 0. The zero-order valence-corrected chi connectivity index (χ0v) is 39.6. The fourth-order valence-corrected chi connectivity index (χ4v) is 10.3. The highest BCUT2D eigenvalue weighted by molar-refractivity contribution is 6.13. The summed E-state index contributed by atoms with van der Waals surface area (Å²) in [5.41, 5.74) is 1.71. The normalized spacial score (nSPS) is 12.6. The van der Waals surface area contributed by atoms with Crippen LogP contribution >= 0.6 is 0 Å². The minimum atomic E-state index is -5.09. The van der Waals surface area contributed by atoms with Crippen molar-refractivity contribution in [2.24, 2.45) is 0 Å². The average Bonchev–Trinajstić information content (AvgIpc) is 3.96. The van der Waals surface area contributed by atoms with E-state index >= 15 is 0 Å². The standard InChI is InChI=1S/C61H35F12N3/c1-33-19-39(24-42(21-33)58(62,63)64)36-13-17-55-50(28-36)47-8-4-6-10-53(47)76(55)57-30-38(40-20-34(2)22-43(25-40)59(65,66)67)12-16-49(57)48-15-11-35(32-74)23-56(48)75-52-9-5-3-7-46(52)51-29-37(14-18-54(51)75)41-26-44(60(68,69)70)31-45(27-41)61(71,72)73/h3-31H,1-2H3. The third-order valence-corrected chi connectivity index (χ3v) is 13.6. The Labute approximate surface area is 424 Å². The molecule has 0 aliphatic heterocycles. The molecule has 0 aliphatic rings. The molecule has 15 heteroatoms. The molecule has 0 radical (unpaired) electrons. The number of aryl methyl sites for hydroxylation is 2. The van der Waals surface area contributed by atoms with Crippen molar-refractivity contribution < 1.29 is 52.7 Å². The Morgan fingerprint density at radius 1 is 0.329 bits per heavy atom. The zero-order chi connectivity index (χ0) is 53.8. The van der Waals surface area contributed by atoms with Crippen molar-refractivity contribution in [3.8, 4) is 62.0 Å². The predicted molar refractivity (Wildman–Crippen MR) is 271 cm³/mol. The molecule has 3 nitrogen and oxygen atoms in total. The van der Waals surface area contributed by atoms with Gasteiger partial charge in [0.1, 0.15) is 0 Å². The van der Waals surface area contributed by atoms with Crippen LogP contribution in [0.3, 0.4) is 0 Å². The van der Waals surface area contributed by atoms with Gasteiger partial charge in [0.2, 0.25) is 0 Å². The van der Waals surface area contributed by atoms with Gasteiger partial charge in [0.25, 0.3) is 0 Å². The Kier molecular flexibility index (Phi) is 11.5. The molecule has 2 aromatic heterocycles. The maximum atomic E-state index is 14.4. The lowest BCUT2D eigenvalue weighted by Crippen LogP contribution is -2.11. The lowest BCUT2D eigenvalue weighted by Gasteiger charge is -2.20. The highest BCUT2D eigenvalue weighted by Gasteiger charge is 2.38. The van der Waals surface area contributed by atoms with Gasteiger partial charge in [-0.1, -0.05) is 78.9 Å². The molecule has 0 atom stereocenters. The summed E-state index contributed by atoms with van der Waals surface area (Å²) in [6, 6.07) is 45.4. The Morgan fingerprint density at radius 2 is 0.684 bits per heavy atom. The monoisotopic (exact) mass is 1040 g/mol. The number of para-hydroxylation sites is 2. The van der Waals surface area contributed by atoms with E-state index in [-0.39, 0.29) is 28.3 Å². The molecule has 0 saturated carbocycles. The fourth-order valence-electron chi connectivity index (χ4n) is 10.3. The predicted octanol–water partition coefficient (Wildman–Crippen LogP) is 19.1. The number of rotatable bonds is 6. The molecule has 0 spiro atoms. The number of aromatic nitrogens is 2. The van der Waals surface area contributed by atoms with E-state index in [1.165, 1.54) is 12.1 Å². The number of nitrogens with zero attached hydrogens (tertiary/aromatic N) is 3. The van der Waals surface area contributed by atoms with Crippen LogP contribution in [-0.2, 0) is 24.7 Å². The van der Waals surface area contributed by atoms with Crippen LogP contribution in [0.4, 0.5) is 52.7 Å². The van der Waals surface area contributed by atoms with Gasteiger partial charge in [0.05, 0.1) is 67.3 Å². The molecule has 76 heavy (non-hydrogen) atoms. The Bertz CT molecular complexity index is 4180. The molecule has 0 N–H and O–H groups in total. The van der Waals surface area contributed by atoms with Gasteiger partial charge in [-0.2, -0.15) is 57.9 Å². The van der Waals surface area contributed by atoms with Crippen LogP contribution in [0.2, 0.25) is 0 Å². The second kappa shape index (κ2) is 17.7. The fraction of sp³-hybridized carbons (Fsp3) is 0.0984. The van der Waals surface area contributed by atoms with E-state index in [0.29, 0.717) is 106 Å². The molecule has 11 aromatic rings. The van der Waals surface area contributed by atoms with Gasteiger partial charge in [-0.15, -0.1) is 0 Å². The van der Waals surface area contributed by atoms with Crippen molar-refractivity contribution in [2.45, 2.75) is 38.6 Å². The number of alkyl halides is 12. The summed E-state index contributed by atoms with van der Waals surface area (Å²) in [7, 11) is 0. The van der Waals surface area contributed by atoms with Crippen LogP contribution in [0.5, 0.6) is 0 Å². The van der Waals surface area contributed by atoms with Gasteiger partial charge < -0.3 is 9.13 Å². The van der Waals surface area contributed by atoms with Crippen LogP contribution in [-0.4, -0.2) is 9.13 Å². The van der Waals surface area contributed by atoms with Crippen LogP contribution < -0.4 is 0 Å². The van der Waals surface area contributed by atoms with Crippen LogP contribution in [0, 0.1) is 25.2 Å². The summed E-state index contributed by atoms with van der Waals surface area (Å²) in [5.74, 6) is 0. The minimum absolute atomic E-state index is 0.0666. The Hall–Kier alpha value is -8.77. The Morgan fingerprint density at radius 3 is 1.12 bits per heavy atom. The molecule has 0 bridgehead atoms. The molecule has 2 heterocycles. The third kappa shape index (κ3) is 8.76. The van der Waals surface area contributed by atoms with Crippen molar-refractivity contribution in [2.75, 3.05) is 0 Å². The van der Waals surface area contributed by atoms with E-state index in [0.717, 1.165) is 24.3 Å². The quantitative estimate of drug-likeness (QED) is 0.153. The summed E-state index contributed by atoms with van der Waals surface area (Å²) >= 11 is 0. The van der Waals surface area contributed by atoms with Gasteiger partial charge in [-0.05, 0) is 155 Å². The molecule has 0 amide bonds. The zero-order valence-electron chi connectivity index (χ0n) is 39.6. The number of fused-ring (bicyclic) bond motifs is 6. The summed E-state index contributed by atoms with van der Waals surface area (Å²) in [6.07, 6.45) is -19.5. The molecular formula is C61H35F12N3. The maximum absolute atomic E-state index is 14.4. The van der Waals surface area contributed by atoms with Crippen molar-refractivity contribution in [3.63, 3.8) is 0 Å². The maximum Gasteiger partial charge on any atom is 0.416 e. The molecule has 0 fully saturated rings. The first-order valence-electron chi connectivity index (χ1n) is 23.4. The van der Waals surface area contributed by atoms with Crippen LogP contribution in [0.25, 0.3) is 99.5 Å². The lowest BCUT2D eigenvalue weighted by atomic mass is 9.94. The van der Waals surface area contributed by atoms with E-state index in [1.54, 1.807) is 117 Å². The lowest BCUT2D eigenvalue weighted by molar-refractivity contribution is -0.143. The molecule has 11 rings (SSSR count). The first-order chi connectivity index (χ1) is 35.9. The van der Waals surface area contributed by atoms with Gasteiger partial charge in [-0.25, -0.2) is 0 Å². The largest absolute Gasteiger partial charge is 0.416 e. The number of hydrogen-bond acceptors (Lipinski definition) is 1. The third-order valence-electron chi connectivity index (χ3n) is 13.6. The SMILES string of the molecule is Cc1cc(-c2ccc(-c3ccc(C#N)cc3-n3c4ccccc4c4cc(-c5cc(C(F)(F)F)cc(C(F)(F)F)c5)ccc43)c(-n3c4ccccc4c4cc(-c5cc(C)cc(C(F)(F)F)c5)ccc43)c2)cc(C(F)(F)F)c1. The van der Waals surface area contributed by atoms with E-state index < -0.39 is 47.0 Å². The smallest absolute Gasteiger partial charge is 0.309 e. The van der Waals surface area contributed by atoms with Gasteiger partial charge >= 0.3 is 24.7 Å². The first-order valence-corrected chi connectivity index (χ1v) is 23.4. The molecule has 0 unspecified atom stereocenters. The highest BCUT2D eigenvalue weighted by atomic mass is 19.4. The van der Waals surface area contributed by atoms with Crippen molar-refractivity contribution >= 4 is 43.6 Å². The number of halogens is 12. The van der Waals surface area contributed by atoms with E-state index in [4.69, 9.17) is 0 Å². The summed E-state index contributed by atoms with van der Waals surface area (Å²) < 4.78 is 174. The van der Waals surface area contributed by atoms with Crippen LogP contribution in [0.15, 0.2) is 176 Å². The Balaban J connectivity index is 1.19. The minimum Gasteiger partial charge on any atom is -0.309 e. The van der Waals surface area contributed by atoms with Crippen molar-refractivity contribution in [1.29, 1.82) is 5.26 Å². The van der Waals surface area contributed by atoms with Crippen molar-refractivity contribution in [1.82, 2.24) is 9.13 Å². The topological polar surface area (TPSA) is 33.6 Å². The second-order valence-electron chi connectivity index (χ2n) is 18.7. The van der Waals surface area contributed by atoms with Gasteiger partial charge in [0.15, 0.2) is 0 Å². The second-order valence-corrected chi connectivity index (χ2v) is 18.7. The average molecular weight is 1040 g/mol. The molecule has 0 saturated heterocycles. The van der Waals surface area contributed by atoms with E-state index in [2.05, 4.69) is 6.07 Å². The van der Waals surface area contributed by atoms with Crippen LogP contribution in [0.1, 0.15) is 38.9 Å². The number of nitriles is 1. The molecule has 9 aromatic carbocycles. The van der Waals surface area contributed by atoms with E-state index in [9.17, 15) is 57.9 Å². The first kappa shape index (κ1) is 49.4. The van der Waals surface area contributed by atoms with Crippen molar-refractivity contribution in [3.05, 3.63) is 215 Å². The highest BCUT2D eigenvalue weighted by Crippen LogP contribution is 2.46.